The summed E-state index contributed by atoms with van der Waals surface area (Å²) in [4.78, 5) is 0. The Hall–Kier alpha value is -1.02. The fourth-order valence-electron chi connectivity index (χ4n) is 1.52. The van der Waals surface area contributed by atoms with Crippen molar-refractivity contribution in [2.45, 2.75) is 24.9 Å². The molecule has 1 aromatic carbocycles. The van der Waals surface area contributed by atoms with Gasteiger partial charge in [-0.1, -0.05) is 18.2 Å². The van der Waals surface area contributed by atoms with Gasteiger partial charge in [-0.3, -0.25) is 0 Å². The lowest BCUT2D eigenvalue weighted by molar-refractivity contribution is 0.150. The summed E-state index contributed by atoms with van der Waals surface area (Å²) in [6.07, 6.45) is 2.56. The molecule has 0 amide bonds. The monoisotopic (exact) mass is 178 g/mol. The lowest BCUT2D eigenvalue weighted by Gasteiger charge is -2.11. The number of aliphatic hydroxyl groups is 1. The first-order chi connectivity index (χ1) is 6.23. The van der Waals surface area contributed by atoms with Crippen LogP contribution in [0.2, 0.25) is 0 Å². The van der Waals surface area contributed by atoms with Crippen LogP contribution in [-0.2, 0) is 6.42 Å². The van der Waals surface area contributed by atoms with Gasteiger partial charge in [0.05, 0.1) is 12.7 Å². The summed E-state index contributed by atoms with van der Waals surface area (Å²) in [6.45, 7) is 0. The van der Waals surface area contributed by atoms with Crippen LogP contribution < -0.4 is 4.74 Å². The molecule has 0 atom stereocenters. The van der Waals surface area contributed by atoms with E-state index >= 15 is 0 Å². The third-order valence-electron chi connectivity index (χ3n) is 2.54. The second-order valence-electron chi connectivity index (χ2n) is 3.71. The average molecular weight is 178 g/mol. The Morgan fingerprint density at radius 1 is 1.38 bits per heavy atom. The van der Waals surface area contributed by atoms with E-state index in [-0.39, 0.29) is 0 Å². The maximum Gasteiger partial charge on any atom is 0.122 e. The Labute approximate surface area is 78.2 Å². The predicted molar refractivity (Wildman–Crippen MR) is 50.9 cm³/mol. The van der Waals surface area contributed by atoms with Gasteiger partial charge in [-0.25, -0.2) is 0 Å². The minimum atomic E-state index is -0.436. The van der Waals surface area contributed by atoms with Crippen molar-refractivity contribution >= 4 is 0 Å². The van der Waals surface area contributed by atoms with Crippen LogP contribution in [0.4, 0.5) is 0 Å². The van der Waals surface area contributed by atoms with Gasteiger partial charge in [0.25, 0.3) is 0 Å². The Morgan fingerprint density at radius 2 is 2.08 bits per heavy atom. The van der Waals surface area contributed by atoms with Crippen molar-refractivity contribution in [2.24, 2.45) is 0 Å². The molecule has 0 unspecified atom stereocenters. The van der Waals surface area contributed by atoms with Gasteiger partial charge in [-0.15, -0.1) is 0 Å². The van der Waals surface area contributed by atoms with Crippen LogP contribution in [0.3, 0.4) is 0 Å². The molecule has 0 heterocycles. The first-order valence-corrected chi connectivity index (χ1v) is 4.58. The van der Waals surface area contributed by atoms with Crippen LogP contribution in [0.5, 0.6) is 5.75 Å². The molecule has 0 radical (unpaired) electrons. The summed E-state index contributed by atoms with van der Waals surface area (Å²) in [5.41, 5.74) is 0.666. The van der Waals surface area contributed by atoms with Gasteiger partial charge in [0, 0.05) is 6.42 Å². The van der Waals surface area contributed by atoms with Crippen LogP contribution in [0, 0.1) is 0 Å². The molecule has 2 heteroatoms. The molecule has 0 saturated heterocycles. The quantitative estimate of drug-likeness (QED) is 0.764. The van der Waals surface area contributed by atoms with E-state index < -0.39 is 5.60 Å². The summed E-state index contributed by atoms with van der Waals surface area (Å²) in [5.74, 6) is 0.878. The molecular weight excluding hydrogens is 164 g/mol. The molecule has 1 aromatic rings. The molecule has 1 fully saturated rings. The fraction of sp³-hybridized carbons (Fsp3) is 0.455. The molecule has 0 aromatic heterocycles. The van der Waals surface area contributed by atoms with Crippen molar-refractivity contribution in [3.8, 4) is 5.75 Å². The predicted octanol–water partition coefficient (Wildman–Crippen LogP) is 1.76. The van der Waals surface area contributed by atoms with Gasteiger partial charge in [-0.2, -0.15) is 0 Å². The Morgan fingerprint density at radius 3 is 2.69 bits per heavy atom. The molecule has 1 N–H and O–H groups in total. The highest BCUT2D eigenvalue weighted by atomic mass is 16.5. The highest BCUT2D eigenvalue weighted by molar-refractivity contribution is 5.35. The summed E-state index contributed by atoms with van der Waals surface area (Å²) >= 11 is 0. The maximum atomic E-state index is 9.75. The zero-order valence-corrected chi connectivity index (χ0v) is 7.79. The van der Waals surface area contributed by atoms with E-state index in [1.165, 1.54) is 0 Å². The number of hydrogen-bond donors (Lipinski definition) is 1. The first kappa shape index (κ1) is 8.57. The zero-order valence-electron chi connectivity index (χ0n) is 7.79. The van der Waals surface area contributed by atoms with Crippen LogP contribution in [0.25, 0.3) is 0 Å². The van der Waals surface area contributed by atoms with Crippen LogP contribution in [0.15, 0.2) is 24.3 Å². The second kappa shape index (κ2) is 3.04. The molecular formula is C11H14O2. The summed E-state index contributed by atoms with van der Waals surface area (Å²) in [6, 6.07) is 7.86. The van der Waals surface area contributed by atoms with Crippen LogP contribution in [-0.4, -0.2) is 17.8 Å². The Bertz CT molecular complexity index is 303. The van der Waals surface area contributed by atoms with E-state index in [0.29, 0.717) is 0 Å². The van der Waals surface area contributed by atoms with Crippen LogP contribution >= 0.6 is 0 Å². The zero-order chi connectivity index (χ0) is 9.31. The van der Waals surface area contributed by atoms with Crippen molar-refractivity contribution in [1.29, 1.82) is 0 Å². The van der Waals surface area contributed by atoms with E-state index in [9.17, 15) is 5.11 Å². The molecule has 1 saturated carbocycles. The maximum absolute atomic E-state index is 9.75. The molecule has 0 bridgehead atoms. The van der Waals surface area contributed by atoms with E-state index in [4.69, 9.17) is 4.74 Å². The lowest BCUT2D eigenvalue weighted by atomic mass is 10.1. The van der Waals surface area contributed by atoms with Crippen molar-refractivity contribution < 1.29 is 9.84 Å². The smallest absolute Gasteiger partial charge is 0.122 e. The molecule has 1 aliphatic rings. The SMILES string of the molecule is COc1ccccc1CC1(O)CC1. The molecule has 70 valence electrons. The molecule has 0 aliphatic heterocycles. The average Bonchev–Trinajstić information content (AvgIpc) is 2.84. The second-order valence-corrected chi connectivity index (χ2v) is 3.71. The largest absolute Gasteiger partial charge is 0.496 e. The number of rotatable bonds is 3. The molecule has 0 spiro atoms. The number of para-hydroxylation sites is 1. The summed E-state index contributed by atoms with van der Waals surface area (Å²) in [5, 5.41) is 9.75. The van der Waals surface area contributed by atoms with Gasteiger partial charge in [0.1, 0.15) is 5.75 Å². The topological polar surface area (TPSA) is 29.5 Å². The van der Waals surface area contributed by atoms with Crippen LogP contribution in [0.1, 0.15) is 18.4 Å². The van der Waals surface area contributed by atoms with Crippen molar-refractivity contribution in [3.63, 3.8) is 0 Å². The van der Waals surface area contributed by atoms with Crippen molar-refractivity contribution in [1.82, 2.24) is 0 Å². The molecule has 13 heavy (non-hydrogen) atoms. The number of ether oxygens (including phenoxy) is 1. The lowest BCUT2D eigenvalue weighted by Crippen LogP contribution is -2.11. The third kappa shape index (κ3) is 1.83. The minimum absolute atomic E-state index is 0.436. The number of methoxy groups -OCH3 is 1. The first-order valence-electron chi connectivity index (χ1n) is 4.58. The number of hydrogen-bond acceptors (Lipinski definition) is 2. The Kier molecular flexibility index (Phi) is 2.00. The highest BCUT2D eigenvalue weighted by Crippen LogP contribution is 2.39. The van der Waals surface area contributed by atoms with Gasteiger partial charge < -0.3 is 9.84 Å². The van der Waals surface area contributed by atoms with Crippen molar-refractivity contribution in [3.05, 3.63) is 29.8 Å². The minimum Gasteiger partial charge on any atom is -0.496 e. The highest BCUT2D eigenvalue weighted by Gasteiger charge is 2.40. The molecule has 2 rings (SSSR count). The van der Waals surface area contributed by atoms with Gasteiger partial charge in [0.2, 0.25) is 0 Å². The van der Waals surface area contributed by atoms with E-state index in [1.54, 1.807) is 7.11 Å². The molecule has 2 nitrogen and oxygen atoms in total. The van der Waals surface area contributed by atoms with Gasteiger partial charge in [-0.05, 0) is 24.5 Å². The van der Waals surface area contributed by atoms with E-state index in [1.807, 2.05) is 24.3 Å². The number of benzene rings is 1. The Balaban J connectivity index is 2.18. The van der Waals surface area contributed by atoms with Crippen molar-refractivity contribution in [2.75, 3.05) is 7.11 Å². The standard InChI is InChI=1S/C11H14O2/c1-13-10-5-3-2-4-9(10)8-11(12)6-7-11/h2-5,12H,6-8H2,1H3. The third-order valence-corrected chi connectivity index (χ3v) is 2.54. The summed E-state index contributed by atoms with van der Waals surface area (Å²) < 4.78 is 5.21. The normalized spacial score (nSPS) is 18.3. The van der Waals surface area contributed by atoms with E-state index in [2.05, 4.69) is 0 Å². The van der Waals surface area contributed by atoms with Gasteiger partial charge in [0.15, 0.2) is 0 Å². The van der Waals surface area contributed by atoms with Gasteiger partial charge >= 0.3 is 0 Å². The van der Waals surface area contributed by atoms with E-state index in [0.717, 1.165) is 30.6 Å². The molecule has 1 aliphatic carbocycles. The fourth-order valence-corrected chi connectivity index (χ4v) is 1.52. The summed E-state index contributed by atoms with van der Waals surface area (Å²) in [7, 11) is 1.66.